The van der Waals surface area contributed by atoms with Gasteiger partial charge in [-0.15, -0.1) is 0 Å². The van der Waals surface area contributed by atoms with Gasteiger partial charge in [-0.25, -0.2) is 9.78 Å². The largest absolute Gasteiger partial charge is 0.465 e. The number of rotatable bonds is 5. The molecule has 1 heterocycles. The summed E-state index contributed by atoms with van der Waals surface area (Å²) in [6.45, 7) is 13.5. The van der Waals surface area contributed by atoms with Gasteiger partial charge in [-0.2, -0.15) is 0 Å². The molecule has 1 fully saturated rings. The molecule has 1 aliphatic rings. The molecular weight excluding hydrogens is 410 g/mol. The van der Waals surface area contributed by atoms with Crippen LogP contribution in [0.2, 0.25) is 0 Å². The number of carbonyl (C=O) groups is 1. The number of carbonyl (C=O) groups excluding carboxylic acids is 1. The number of nitrogens with one attached hydrogen (secondary N) is 1. The van der Waals surface area contributed by atoms with Crippen LogP contribution in [0.5, 0.6) is 0 Å². The standard InChI is InChI=1S/C28H37N3O2/c1-17(2)20-8-10-21(11-9-20)29-27-30-24-14-23(26(32)33-7)19(4)13-25(24)31(27)22-12-18(3)15-28(5,6)16-22/h8-11,13-14,17-18,22H,12,15-16H2,1-7H3,(H,29,30). The third-order valence-corrected chi connectivity index (χ3v) is 7.00. The number of benzene rings is 2. The van der Waals surface area contributed by atoms with E-state index in [2.05, 4.69) is 74.8 Å². The molecule has 33 heavy (non-hydrogen) atoms. The van der Waals surface area contributed by atoms with E-state index in [-0.39, 0.29) is 11.4 Å². The molecule has 2 unspecified atom stereocenters. The zero-order chi connectivity index (χ0) is 23.9. The highest BCUT2D eigenvalue weighted by atomic mass is 16.5. The number of esters is 1. The summed E-state index contributed by atoms with van der Waals surface area (Å²) in [6.07, 6.45) is 3.45. The quantitative estimate of drug-likeness (QED) is 0.414. The van der Waals surface area contributed by atoms with Crippen LogP contribution in [0.1, 0.15) is 87.3 Å². The average molecular weight is 448 g/mol. The van der Waals surface area contributed by atoms with Crippen LogP contribution in [0.25, 0.3) is 11.0 Å². The maximum Gasteiger partial charge on any atom is 0.338 e. The molecule has 0 amide bonds. The SMILES string of the molecule is COC(=O)c1cc2nc(Nc3ccc(C(C)C)cc3)n(C3CC(C)CC(C)(C)C3)c2cc1C. The van der Waals surface area contributed by atoms with Gasteiger partial charge in [0, 0.05) is 11.7 Å². The molecule has 1 saturated carbocycles. The number of anilines is 2. The highest BCUT2D eigenvalue weighted by molar-refractivity contribution is 5.96. The Morgan fingerprint density at radius 1 is 1.18 bits per heavy atom. The van der Waals surface area contributed by atoms with Crippen molar-refractivity contribution < 1.29 is 9.53 Å². The molecule has 0 saturated heterocycles. The third-order valence-electron chi connectivity index (χ3n) is 7.00. The van der Waals surface area contributed by atoms with Crippen molar-refractivity contribution in [3.8, 4) is 0 Å². The van der Waals surface area contributed by atoms with E-state index in [0.29, 0.717) is 23.4 Å². The Morgan fingerprint density at radius 2 is 1.88 bits per heavy atom. The summed E-state index contributed by atoms with van der Waals surface area (Å²) in [4.78, 5) is 17.3. The van der Waals surface area contributed by atoms with Crippen LogP contribution in [-0.2, 0) is 4.74 Å². The van der Waals surface area contributed by atoms with E-state index in [0.717, 1.165) is 41.1 Å². The predicted molar refractivity (Wildman–Crippen MR) is 135 cm³/mol. The van der Waals surface area contributed by atoms with Crippen molar-refractivity contribution in [3.05, 3.63) is 53.1 Å². The van der Waals surface area contributed by atoms with Crippen LogP contribution in [-0.4, -0.2) is 22.6 Å². The summed E-state index contributed by atoms with van der Waals surface area (Å²) < 4.78 is 7.37. The van der Waals surface area contributed by atoms with Gasteiger partial charge >= 0.3 is 5.97 Å². The second-order valence-corrected chi connectivity index (χ2v) is 10.9. The number of methoxy groups -OCH3 is 1. The lowest BCUT2D eigenvalue weighted by molar-refractivity contribution is 0.0600. The fourth-order valence-electron chi connectivity index (χ4n) is 5.61. The number of aryl methyl sites for hydroxylation is 1. The van der Waals surface area contributed by atoms with E-state index in [1.807, 2.05) is 13.0 Å². The summed E-state index contributed by atoms with van der Waals surface area (Å²) in [6, 6.07) is 12.9. The van der Waals surface area contributed by atoms with Crippen LogP contribution in [0, 0.1) is 18.3 Å². The Balaban J connectivity index is 1.83. The lowest BCUT2D eigenvalue weighted by Gasteiger charge is -2.40. The monoisotopic (exact) mass is 447 g/mol. The molecule has 1 aliphatic carbocycles. The summed E-state index contributed by atoms with van der Waals surface area (Å²) in [5, 5.41) is 3.59. The van der Waals surface area contributed by atoms with Crippen molar-refractivity contribution in [2.45, 2.75) is 72.8 Å². The summed E-state index contributed by atoms with van der Waals surface area (Å²) in [5.74, 6) is 1.65. The second kappa shape index (κ2) is 8.85. The van der Waals surface area contributed by atoms with Crippen molar-refractivity contribution in [1.29, 1.82) is 0 Å². The van der Waals surface area contributed by atoms with E-state index in [4.69, 9.17) is 9.72 Å². The fourth-order valence-corrected chi connectivity index (χ4v) is 5.61. The van der Waals surface area contributed by atoms with Crippen molar-refractivity contribution in [2.75, 3.05) is 12.4 Å². The number of aromatic nitrogens is 2. The molecule has 5 heteroatoms. The summed E-state index contributed by atoms with van der Waals surface area (Å²) >= 11 is 0. The van der Waals surface area contributed by atoms with Crippen molar-refractivity contribution >= 4 is 28.6 Å². The Bertz CT molecular complexity index is 1160. The molecular formula is C28H37N3O2. The molecule has 5 nitrogen and oxygen atoms in total. The number of fused-ring (bicyclic) bond motifs is 1. The minimum absolute atomic E-state index is 0.274. The first kappa shape index (κ1) is 23.3. The predicted octanol–water partition coefficient (Wildman–Crippen LogP) is 7.39. The Labute approximate surface area is 197 Å². The molecule has 2 atom stereocenters. The Kier molecular flexibility index (Phi) is 6.26. The van der Waals surface area contributed by atoms with Crippen molar-refractivity contribution in [1.82, 2.24) is 9.55 Å². The molecule has 3 aromatic rings. The molecule has 1 aromatic heterocycles. The van der Waals surface area contributed by atoms with Crippen LogP contribution < -0.4 is 5.32 Å². The van der Waals surface area contributed by atoms with E-state index in [1.54, 1.807) is 0 Å². The third kappa shape index (κ3) is 4.78. The van der Waals surface area contributed by atoms with E-state index >= 15 is 0 Å². The van der Waals surface area contributed by atoms with Crippen LogP contribution in [0.15, 0.2) is 36.4 Å². The van der Waals surface area contributed by atoms with Crippen LogP contribution >= 0.6 is 0 Å². The molecule has 0 spiro atoms. The molecule has 2 aromatic carbocycles. The summed E-state index contributed by atoms with van der Waals surface area (Å²) in [7, 11) is 1.42. The zero-order valence-electron chi connectivity index (χ0n) is 21.0. The minimum Gasteiger partial charge on any atom is -0.465 e. The maximum absolute atomic E-state index is 12.3. The molecule has 176 valence electrons. The lowest BCUT2D eigenvalue weighted by atomic mass is 9.70. The molecule has 0 aliphatic heterocycles. The minimum atomic E-state index is -0.324. The number of ether oxygens (including phenoxy) is 1. The first-order valence-electron chi connectivity index (χ1n) is 12.1. The Morgan fingerprint density at radius 3 is 2.48 bits per heavy atom. The highest BCUT2D eigenvalue weighted by Gasteiger charge is 2.35. The molecule has 4 rings (SSSR count). The lowest BCUT2D eigenvalue weighted by Crippen LogP contribution is -2.29. The van der Waals surface area contributed by atoms with Gasteiger partial charge < -0.3 is 14.6 Å². The first-order valence-corrected chi connectivity index (χ1v) is 12.1. The van der Waals surface area contributed by atoms with Crippen molar-refractivity contribution in [3.63, 3.8) is 0 Å². The Hall–Kier alpha value is -2.82. The number of hydrogen-bond acceptors (Lipinski definition) is 4. The van der Waals surface area contributed by atoms with Gasteiger partial charge in [0.05, 0.1) is 23.7 Å². The second-order valence-electron chi connectivity index (χ2n) is 10.9. The number of hydrogen-bond donors (Lipinski definition) is 1. The first-order chi connectivity index (χ1) is 15.6. The summed E-state index contributed by atoms with van der Waals surface area (Å²) in [5.41, 5.74) is 5.97. The van der Waals surface area contributed by atoms with E-state index in [9.17, 15) is 4.79 Å². The van der Waals surface area contributed by atoms with E-state index < -0.39 is 0 Å². The number of imidazole rings is 1. The van der Waals surface area contributed by atoms with Crippen molar-refractivity contribution in [2.24, 2.45) is 11.3 Å². The van der Waals surface area contributed by atoms with Gasteiger partial charge in [0.2, 0.25) is 5.95 Å². The topological polar surface area (TPSA) is 56.1 Å². The average Bonchev–Trinajstić information content (AvgIpc) is 3.08. The normalized spacial score (nSPS) is 20.2. The van der Waals surface area contributed by atoms with Gasteiger partial charge in [-0.1, -0.05) is 46.8 Å². The van der Waals surface area contributed by atoms with E-state index in [1.165, 1.54) is 19.1 Å². The van der Waals surface area contributed by atoms with Gasteiger partial charge in [-0.3, -0.25) is 0 Å². The van der Waals surface area contributed by atoms with Gasteiger partial charge in [0.25, 0.3) is 0 Å². The van der Waals surface area contributed by atoms with Gasteiger partial charge in [-0.05, 0) is 78.8 Å². The van der Waals surface area contributed by atoms with Crippen LogP contribution in [0.3, 0.4) is 0 Å². The van der Waals surface area contributed by atoms with Crippen LogP contribution in [0.4, 0.5) is 11.6 Å². The molecule has 1 N–H and O–H groups in total. The molecule has 0 bridgehead atoms. The maximum atomic E-state index is 12.3. The number of nitrogens with zero attached hydrogens (tertiary/aromatic N) is 2. The van der Waals surface area contributed by atoms with Gasteiger partial charge in [0.15, 0.2) is 0 Å². The highest BCUT2D eigenvalue weighted by Crippen LogP contribution is 2.46. The fraction of sp³-hybridized carbons (Fsp3) is 0.500. The smallest absolute Gasteiger partial charge is 0.338 e. The van der Waals surface area contributed by atoms with Gasteiger partial charge in [0.1, 0.15) is 0 Å². The molecule has 0 radical (unpaired) electrons. The zero-order valence-corrected chi connectivity index (χ0v) is 21.0.